The first kappa shape index (κ1) is 14.0. The van der Waals surface area contributed by atoms with Gasteiger partial charge in [0.2, 0.25) is 0 Å². The first-order valence-corrected chi connectivity index (χ1v) is 7.56. The minimum absolute atomic E-state index is 0.182. The number of aliphatic hydroxyl groups excluding tert-OH is 1. The number of thiophene rings is 1. The van der Waals surface area contributed by atoms with Gasteiger partial charge in [-0.1, -0.05) is 0 Å². The van der Waals surface area contributed by atoms with E-state index < -0.39 is 6.10 Å². The van der Waals surface area contributed by atoms with Gasteiger partial charge in [-0.15, -0.1) is 11.3 Å². The van der Waals surface area contributed by atoms with E-state index in [2.05, 4.69) is 23.3 Å². The topological polar surface area (TPSA) is 32.7 Å². The molecular weight excluding hydrogens is 246 g/mol. The third kappa shape index (κ3) is 3.32. The van der Waals surface area contributed by atoms with Crippen molar-refractivity contribution in [3.05, 3.63) is 21.9 Å². The average Bonchev–Trinajstić information content (AvgIpc) is 2.79. The van der Waals surface area contributed by atoms with Gasteiger partial charge in [0.25, 0.3) is 0 Å². The molecule has 0 fully saturated rings. The highest BCUT2D eigenvalue weighted by Crippen LogP contribution is 2.32. The molecule has 0 spiro atoms. The first-order chi connectivity index (χ1) is 8.58. The van der Waals surface area contributed by atoms with Gasteiger partial charge in [0.15, 0.2) is 0 Å². The Morgan fingerprint density at radius 2 is 2.33 bits per heavy atom. The van der Waals surface area contributed by atoms with Crippen molar-refractivity contribution >= 4 is 11.3 Å². The molecule has 4 heteroatoms. The summed E-state index contributed by atoms with van der Waals surface area (Å²) in [7, 11) is 0. The van der Waals surface area contributed by atoms with Gasteiger partial charge in [-0.3, -0.25) is 4.90 Å². The number of β-amino-alcohol motifs (C(OH)–C–C–N with tert-alkyl or cyclic N) is 1. The summed E-state index contributed by atoms with van der Waals surface area (Å²) in [4.78, 5) is 3.86. The summed E-state index contributed by atoms with van der Waals surface area (Å²) >= 11 is 1.85. The van der Waals surface area contributed by atoms with E-state index in [0.717, 1.165) is 13.0 Å². The monoisotopic (exact) mass is 269 g/mol. The van der Waals surface area contributed by atoms with Crippen molar-refractivity contribution in [3.63, 3.8) is 0 Å². The standard InChI is InChI=1S/C14H23NO2S/c1-10(2)17-9-12(16)8-15-6-4-14-13(11(15)3)5-7-18-14/h5,7,10-12,16H,4,6,8-9H2,1-3H3/t11-,12+/m0/s1. The van der Waals surface area contributed by atoms with Gasteiger partial charge in [-0.05, 0) is 44.2 Å². The van der Waals surface area contributed by atoms with Gasteiger partial charge in [0.05, 0.1) is 18.8 Å². The second-order valence-corrected chi connectivity index (χ2v) is 6.26. The summed E-state index contributed by atoms with van der Waals surface area (Å²) in [5.74, 6) is 0. The van der Waals surface area contributed by atoms with Crippen LogP contribution in [-0.2, 0) is 11.2 Å². The molecule has 0 unspecified atom stereocenters. The molecule has 3 nitrogen and oxygen atoms in total. The van der Waals surface area contributed by atoms with E-state index in [4.69, 9.17) is 4.74 Å². The Morgan fingerprint density at radius 1 is 1.56 bits per heavy atom. The normalized spacial score (nSPS) is 22.2. The molecule has 1 N–H and O–H groups in total. The first-order valence-electron chi connectivity index (χ1n) is 6.68. The highest BCUT2D eigenvalue weighted by molar-refractivity contribution is 7.10. The Labute approximate surface area is 113 Å². The summed E-state index contributed by atoms with van der Waals surface area (Å²) in [5.41, 5.74) is 1.43. The predicted octanol–water partition coefficient (Wildman–Crippen LogP) is 2.45. The number of ether oxygens (including phenoxy) is 1. The van der Waals surface area contributed by atoms with E-state index in [0.29, 0.717) is 19.2 Å². The fourth-order valence-electron chi connectivity index (χ4n) is 2.44. The molecule has 0 saturated carbocycles. The van der Waals surface area contributed by atoms with E-state index >= 15 is 0 Å². The van der Waals surface area contributed by atoms with E-state index in [9.17, 15) is 5.11 Å². The minimum Gasteiger partial charge on any atom is -0.389 e. The molecule has 102 valence electrons. The number of aliphatic hydroxyl groups is 1. The van der Waals surface area contributed by atoms with Crippen LogP contribution in [0.1, 0.15) is 37.3 Å². The maximum atomic E-state index is 10.0. The average molecular weight is 269 g/mol. The molecule has 2 atom stereocenters. The molecule has 0 saturated heterocycles. The molecule has 0 radical (unpaired) electrons. The van der Waals surface area contributed by atoms with Gasteiger partial charge in [0, 0.05) is 24.0 Å². The maximum Gasteiger partial charge on any atom is 0.0900 e. The third-order valence-corrected chi connectivity index (χ3v) is 4.47. The van der Waals surface area contributed by atoms with Crippen LogP contribution < -0.4 is 0 Å². The van der Waals surface area contributed by atoms with Crippen LogP contribution in [0.5, 0.6) is 0 Å². The number of rotatable bonds is 5. The van der Waals surface area contributed by atoms with Gasteiger partial charge in [-0.25, -0.2) is 0 Å². The fraction of sp³-hybridized carbons (Fsp3) is 0.714. The van der Waals surface area contributed by atoms with Gasteiger partial charge in [0.1, 0.15) is 0 Å². The zero-order valence-electron chi connectivity index (χ0n) is 11.4. The van der Waals surface area contributed by atoms with Crippen LogP contribution in [0.4, 0.5) is 0 Å². The van der Waals surface area contributed by atoms with E-state index in [-0.39, 0.29) is 6.10 Å². The molecule has 0 bridgehead atoms. The number of hydrogen-bond acceptors (Lipinski definition) is 4. The molecular formula is C14H23NO2S. The number of hydrogen-bond donors (Lipinski definition) is 1. The summed E-state index contributed by atoms with van der Waals surface area (Å²) in [6.07, 6.45) is 0.895. The van der Waals surface area contributed by atoms with Crippen LogP contribution in [0, 0.1) is 0 Å². The quantitative estimate of drug-likeness (QED) is 0.891. The SMILES string of the molecule is CC(C)OC[C@H](O)CN1CCc2sccc2[C@@H]1C. The highest BCUT2D eigenvalue weighted by atomic mass is 32.1. The van der Waals surface area contributed by atoms with E-state index in [1.807, 2.05) is 25.2 Å². The zero-order chi connectivity index (χ0) is 13.1. The Kier molecular flexibility index (Phi) is 4.78. The Morgan fingerprint density at radius 3 is 3.06 bits per heavy atom. The molecule has 18 heavy (non-hydrogen) atoms. The third-order valence-electron chi connectivity index (χ3n) is 3.47. The molecule has 0 aliphatic carbocycles. The van der Waals surface area contributed by atoms with Gasteiger partial charge >= 0.3 is 0 Å². The molecule has 0 aromatic carbocycles. The number of fused-ring (bicyclic) bond motifs is 1. The van der Waals surface area contributed by atoms with E-state index in [1.54, 1.807) is 0 Å². The lowest BCUT2D eigenvalue weighted by Gasteiger charge is -2.34. The molecule has 1 aliphatic heterocycles. The van der Waals surface area contributed by atoms with Crippen LogP contribution in [0.25, 0.3) is 0 Å². The second-order valence-electron chi connectivity index (χ2n) is 5.26. The van der Waals surface area contributed by atoms with Crippen molar-refractivity contribution in [2.45, 2.75) is 45.4 Å². The smallest absolute Gasteiger partial charge is 0.0900 e. The molecule has 1 aliphatic rings. The van der Waals surface area contributed by atoms with Crippen molar-refractivity contribution in [1.82, 2.24) is 4.90 Å². The van der Waals surface area contributed by atoms with Crippen molar-refractivity contribution in [2.75, 3.05) is 19.7 Å². The minimum atomic E-state index is -0.393. The molecule has 2 heterocycles. The summed E-state index contributed by atoms with van der Waals surface area (Å²) in [6, 6.07) is 2.63. The van der Waals surface area contributed by atoms with E-state index in [1.165, 1.54) is 10.4 Å². The Bertz CT molecular complexity index is 378. The molecule has 1 aromatic heterocycles. The van der Waals surface area contributed by atoms with Gasteiger partial charge < -0.3 is 9.84 Å². The predicted molar refractivity (Wildman–Crippen MR) is 75.1 cm³/mol. The van der Waals surface area contributed by atoms with Crippen molar-refractivity contribution in [1.29, 1.82) is 0 Å². The zero-order valence-corrected chi connectivity index (χ0v) is 12.2. The van der Waals surface area contributed by atoms with Crippen LogP contribution in [0.2, 0.25) is 0 Å². The lowest BCUT2D eigenvalue weighted by Crippen LogP contribution is -2.40. The van der Waals surface area contributed by atoms with Gasteiger partial charge in [-0.2, -0.15) is 0 Å². The fourth-order valence-corrected chi connectivity index (χ4v) is 3.40. The Hall–Kier alpha value is -0.420. The Balaban J connectivity index is 1.87. The molecule has 2 rings (SSSR count). The summed E-state index contributed by atoms with van der Waals surface area (Å²) in [6.45, 7) is 8.37. The molecule has 1 aromatic rings. The summed E-state index contributed by atoms with van der Waals surface area (Å²) < 4.78 is 5.46. The largest absolute Gasteiger partial charge is 0.389 e. The maximum absolute atomic E-state index is 10.0. The van der Waals surface area contributed by atoms with Crippen molar-refractivity contribution in [3.8, 4) is 0 Å². The van der Waals surface area contributed by atoms with Crippen LogP contribution >= 0.6 is 11.3 Å². The summed E-state index contributed by atoms with van der Waals surface area (Å²) in [5, 5.41) is 12.2. The van der Waals surface area contributed by atoms with Crippen molar-refractivity contribution in [2.24, 2.45) is 0 Å². The lowest BCUT2D eigenvalue weighted by atomic mass is 10.0. The van der Waals surface area contributed by atoms with Crippen LogP contribution in [0.15, 0.2) is 11.4 Å². The van der Waals surface area contributed by atoms with Crippen molar-refractivity contribution < 1.29 is 9.84 Å². The van der Waals surface area contributed by atoms with Crippen LogP contribution in [-0.4, -0.2) is 41.9 Å². The second kappa shape index (κ2) is 6.15. The lowest BCUT2D eigenvalue weighted by molar-refractivity contribution is -0.0143. The molecule has 0 amide bonds. The highest BCUT2D eigenvalue weighted by Gasteiger charge is 2.26. The van der Waals surface area contributed by atoms with Crippen LogP contribution in [0.3, 0.4) is 0 Å². The number of nitrogens with zero attached hydrogens (tertiary/aromatic N) is 1.